The summed E-state index contributed by atoms with van der Waals surface area (Å²) < 4.78 is 13.7. The number of carbonyl (C=O) groups is 1. The maximum Gasteiger partial charge on any atom is 0.254 e. The second-order valence-electron chi connectivity index (χ2n) is 13.1. The van der Waals surface area contributed by atoms with E-state index in [4.69, 9.17) is 9.47 Å². The van der Waals surface area contributed by atoms with E-state index in [0.29, 0.717) is 30.6 Å². The predicted octanol–water partition coefficient (Wildman–Crippen LogP) is 6.06. The van der Waals surface area contributed by atoms with Gasteiger partial charge in [-0.05, 0) is 115 Å². The van der Waals surface area contributed by atoms with E-state index < -0.39 is 5.79 Å². The highest BCUT2D eigenvalue weighted by atomic mass is 16.7. The maximum absolute atomic E-state index is 14.2. The van der Waals surface area contributed by atoms with E-state index in [0.717, 1.165) is 96.4 Å². The summed E-state index contributed by atoms with van der Waals surface area (Å²) in [6.45, 7) is 8.83. The van der Waals surface area contributed by atoms with Crippen LogP contribution >= 0.6 is 0 Å². The fourth-order valence-corrected chi connectivity index (χ4v) is 7.69. The van der Waals surface area contributed by atoms with Crippen molar-refractivity contribution in [3.8, 4) is 11.5 Å². The number of aromatic nitrogens is 1. The van der Waals surface area contributed by atoms with Gasteiger partial charge in [0.1, 0.15) is 0 Å². The van der Waals surface area contributed by atoms with Crippen LogP contribution in [0.4, 0.5) is 0 Å². The number of nitrogens with zero attached hydrogens (tertiary/aromatic N) is 2. The zero-order chi connectivity index (χ0) is 29.1. The lowest BCUT2D eigenvalue weighted by atomic mass is 9.81. The fourth-order valence-electron chi connectivity index (χ4n) is 7.69. The van der Waals surface area contributed by atoms with Gasteiger partial charge in [0.05, 0.1) is 12.1 Å². The standard InChI is InChI=1S/C34H45N3O4/c1-20-18-21(2)35-32(38)27(20)19-37-17-16-26-28(33(37)39)22(3)30-31(29(26)23-10-8-7-9-11-23)41-34(4,40-30)24-12-14-25(15-13-24)36(5)6/h10,18,24-25H,7-9,11-17,19H2,1-6H3,(H,35,38). The molecule has 2 aromatic rings. The summed E-state index contributed by atoms with van der Waals surface area (Å²) in [6, 6.07) is 2.58. The average molecular weight is 560 g/mol. The molecule has 1 saturated carbocycles. The molecule has 1 unspecified atom stereocenters. The molecule has 1 amide bonds. The molecule has 0 spiro atoms. The summed E-state index contributed by atoms with van der Waals surface area (Å²) >= 11 is 0. The zero-order valence-corrected chi connectivity index (χ0v) is 25.6. The molecule has 4 aliphatic rings. The number of H-pyrrole nitrogens is 1. The van der Waals surface area contributed by atoms with E-state index in [9.17, 15) is 9.59 Å². The third-order valence-electron chi connectivity index (χ3n) is 10.1. The van der Waals surface area contributed by atoms with Crippen molar-refractivity contribution < 1.29 is 14.3 Å². The number of aryl methyl sites for hydroxylation is 2. The van der Waals surface area contributed by atoms with Crippen molar-refractivity contribution in [2.24, 2.45) is 5.92 Å². The first-order valence-corrected chi connectivity index (χ1v) is 15.5. The van der Waals surface area contributed by atoms with E-state index in [1.807, 2.05) is 31.7 Å². The Bertz CT molecular complexity index is 1460. The Labute approximate surface area is 243 Å². The Kier molecular flexibility index (Phi) is 7.29. The Hall–Kier alpha value is -3.06. The fraction of sp³-hybridized carbons (Fsp3) is 0.588. The number of ether oxygens (including phenoxy) is 2. The van der Waals surface area contributed by atoms with Crippen LogP contribution in [0, 0.1) is 26.7 Å². The highest BCUT2D eigenvalue weighted by Crippen LogP contribution is 2.54. The third-order valence-corrected chi connectivity index (χ3v) is 10.1. The normalized spacial score (nSPS) is 25.9. The molecular weight excluding hydrogens is 514 g/mol. The van der Waals surface area contributed by atoms with Crippen LogP contribution in [0.3, 0.4) is 0 Å². The summed E-state index contributed by atoms with van der Waals surface area (Å²) in [7, 11) is 4.33. The van der Waals surface area contributed by atoms with Gasteiger partial charge in [0.15, 0.2) is 11.5 Å². The number of nitrogens with one attached hydrogen (secondary N) is 1. The van der Waals surface area contributed by atoms with Gasteiger partial charge < -0.3 is 24.3 Å². The average Bonchev–Trinajstić information content (AvgIpc) is 3.31. The minimum absolute atomic E-state index is 0.0210. The van der Waals surface area contributed by atoms with Crippen LogP contribution in [0.1, 0.15) is 102 Å². The van der Waals surface area contributed by atoms with Crippen LogP contribution in [0.15, 0.2) is 16.9 Å². The maximum atomic E-state index is 14.2. The van der Waals surface area contributed by atoms with Crippen LogP contribution in [0.5, 0.6) is 11.5 Å². The van der Waals surface area contributed by atoms with Crippen LogP contribution < -0.4 is 15.0 Å². The number of fused-ring (bicyclic) bond motifs is 2. The molecule has 2 aliphatic heterocycles. The van der Waals surface area contributed by atoms with Crippen molar-refractivity contribution >= 4 is 11.5 Å². The molecule has 0 bridgehead atoms. The van der Waals surface area contributed by atoms with Crippen LogP contribution in [-0.4, -0.2) is 53.2 Å². The summed E-state index contributed by atoms with van der Waals surface area (Å²) in [6.07, 6.45) is 11.8. The molecule has 1 aromatic carbocycles. The van der Waals surface area contributed by atoms with Crippen molar-refractivity contribution in [1.82, 2.24) is 14.8 Å². The summed E-state index contributed by atoms with van der Waals surface area (Å²) in [5.74, 6) is 1.11. The number of hydrogen-bond donors (Lipinski definition) is 1. The number of carbonyl (C=O) groups excluding carboxylic acids is 1. The number of aromatic amines is 1. The highest BCUT2D eigenvalue weighted by Gasteiger charge is 2.49. The predicted molar refractivity (Wildman–Crippen MR) is 162 cm³/mol. The van der Waals surface area contributed by atoms with Crippen molar-refractivity contribution in [3.63, 3.8) is 0 Å². The van der Waals surface area contributed by atoms with Gasteiger partial charge in [0.2, 0.25) is 0 Å². The first kappa shape index (κ1) is 28.1. The molecule has 6 rings (SSSR count). The van der Waals surface area contributed by atoms with Gasteiger partial charge in [-0.1, -0.05) is 6.08 Å². The number of amides is 1. The number of hydrogen-bond acceptors (Lipinski definition) is 5. The van der Waals surface area contributed by atoms with Gasteiger partial charge in [0, 0.05) is 47.8 Å². The lowest BCUT2D eigenvalue weighted by Gasteiger charge is -2.39. The Morgan fingerprint density at radius 2 is 1.73 bits per heavy atom. The Balaban J connectivity index is 1.39. The Morgan fingerprint density at radius 1 is 1.00 bits per heavy atom. The molecule has 3 heterocycles. The molecule has 1 fully saturated rings. The van der Waals surface area contributed by atoms with Crippen molar-refractivity contribution in [2.45, 2.75) is 104 Å². The highest BCUT2D eigenvalue weighted by molar-refractivity contribution is 6.01. The van der Waals surface area contributed by atoms with E-state index in [1.54, 1.807) is 0 Å². The monoisotopic (exact) mass is 559 g/mol. The number of benzene rings is 1. The van der Waals surface area contributed by atoms with Gasteiger partial charge in [-0.15, -0.1) is 0 Å². The lowest BCUT2D eigenvalue weighted by Crippen LogP contribution is -2.46. The smallest absolute Gasteiger partial charge is 0.254 e. The topological polar surface area (TPSA) is 74.9 Å². The third kappa shape index (κ3) is 4.90. The van der Waals surface area contributed by atoms with Crippen molar-refractivity contribution in [3.05, 3.63) is 61.6 Å². The molecule has 0 radical (unpaired) electrons. The van der Waals surface area contributed by atoms with Gasteiger partial charge >= 0.3 is 0 Å². The first-order valence-electron chi connectivity index (χ1n) is 15.5. The molecule has 7 nitrogen and oxygen atoms in total. The molecule has 1 N–H and O–H groups in total. The molecule has 1 aromatic heterocycles. The molecular formula is C34H45N3O4. The van der Waals surface area contributed by atoms with Crippen LogP contribution in [0.25, 0.3) is 5.57 Å². The summed E-state index contributed by atoms with van der Waals surface area (Å²) in [5, 5.41) is 0. The number of rotatable bonds is 5. The van der Waals surface area contributed by atoms with E-state index in [1.165, 1.54) is 12.0 Å². The second kappa shape index (κ2) is 10.6. The van der Waals surface area contributed by atoms with E-state index in [2.05, 4.69) is 37.0 Å². The lowest BCUT2D eigenvalue weighted by molar-refractivity contribution is -0.123. The van der Waals surface area contributed by atoms with Gasteiger partial charge in [0.25, 0.3) is 17.3 Å². The second-order valence-corrected chi connectivity index (χ2v) is 13.1. The summed E-state index contributed by atoms with van der Waals surface area (Å²) in [5.41, 5.74) is 7.38. The quantitative estimate of drug-likeness (QED) is 0.482. The van der Waals surface area contributed by atoms with Gasteiger partial charge in [-0.3, -0.25) is 9.59 Å². The van der Waals surface area contributed by atoms with E-state index >= 15 is 0 Å². The molecule has 220 valence electrons. The molecule has 0 saturated heterocycles. The SMILES string of the molecule is Cc1cc(C)c(CN2CCc3c(c(C)c4c(c3C3=CCCCC3)OC(C)(C3CCC(N(C)C)CC3)O4)C2=O)c(=O)[nH]1. The minimum atomic E-state index is -0.743. The summed E-state index contributed by atoms with van der Waals surface area (Å²) in [4.78, 5) is 34.1. The van der Waals surface area contributed by atoms with Gasteiger partial charge in [-0.2, -0.15) is 0 Å². The molecule has 2 aliphatic carbocycles. The molecule has 7 heteroatoms. The minimum Gasteiger partial charge on any atom is -0.448 e. The Morgan fingerprint density at radius 3 is 2.39 bits per heavy atom. The molecule has 41 heavy (non-hydrogen) atoms. The first-order chi connectivity index (χ1) is 19.6. The number of allylic oxidation sites excluding steroid dienone is 2. The van der Waals surface area contributed by atoms with Crippen molar-refractivity contribution in [1.29, 1.82) is 0 Å². The van der Waals surface area contributed by atoms with E-state index in [-0.39, 0.29) is 11.5 Å². The van der Waals surface area contributed by atoms with Crippen LogP contribution in [-0.2, 0) is 13.0 Å². The molecule has 1 atom stereocenters. The van der Waals surface area contributed by atoms with Crippen molar-refractivity contribution in [2.75, 3.05) is 20.6 Å². The zero-order valence-electron chi connectivity index (χ0n) is 25.6. The van der Waals surface area contributed by atoms with Crippen LogP contribution in [0.2, 0.25) is 0 Å². The van der Waals surface area contributed by atoms with Gasteiger partial charge in [-0.25, -0.2) is 0 Å². The largest absolute Gasteiger partial charge is 0.448 e. The number of pyridine rings is 1.